The number of hydrogen-bond acceptors (Lipinski definition) is 3. The van der Waals surface area contributed by atoms with E-state index in [0.717, 1.165) is 0 Å². The summed E-state index contributed by atoms with van der Waals surface area (Å²) in [5.41, 5.74) is 6.88. The molecule has 0 fully saturated rings. The standard InChI is InChI=1S/C15H15BrFN3O/c1-8(2)12-6-9(7-13(18)19-12)15(21)20-14-10(16)4-3-5-11(14)17/h3-8H,1-2H3,(H2,18,19)(H,20,21). The maximum Gasteiger partial charge on any atom is 0.255 e. The molecule has 1 heterocycles. The summed E-state index contributed by atoms with van der Waals surface area (Å²) < 4.78 is 14.2. The molecule has 2 rings (SSSR count). The number of hydrogen-bond donors (Lipinski definition) is 2. The van der Waals surface area contributed by atoms with Crippen molar-refractivity contribution in [3.8, 4) is 0 Å². The molecule has 0 aliphatic carbocycles. The van der Waals surface area contributed by atoms with Crippen molar-refractivity contribution in [2.24, 2.45) is 0 Å². The van der Waals surface area contributed by atoms with E-state index in [-0.39, 0.29) is 17.4 Å². The first-order chi connectivity index (χ1) is 9.88. The Labute approximate surface area is 130 Å². The number of nitrogens with two attached hydrogens (primary N) is 1. The molecule has 1 aromatic heterocycles. The van der Waals surface area contributed by atoms with Crippen molar-refractivity contribution in [3.63, 3.8) is 0 Å². The number of nitrogens with one attached hydrogen (secondary N) is 1. The van der Waals surface area contributed by atoms with Crippen LogP contribution in [-0.2, 0) is 0 Å². The molecule has 0 unspecified atom stereocenters. The van der Waals surface area contributed by atoms with Gasteiger partial charge in [0.1, 0.15) is 11.6 Å². The lowest BCUT2D eigenvalue weighted by atomic mass is 10.1. The van der Waals surface area contributed by atoms with E-state index in [9.17, 15) is 9.18 Å². The average Bonchev–Trinajstić information content (AvgIpc) is 2.42. The Hall–Kier alpha value is -1.95. The number of para-hydroxylation sites is 1. The second-order valence-corrected chi connectivity index (χ2v) is 5.77. The highest BCUT2D eigenvalue weighted by Crippen LogP contribution is 2.26. The smallest absolute Gasteiger partial charge is 0.255 e. The van der Waals surface area contributed by atoms with Crippen LogP contribution >= 0.6 is 15.9 Å². The van der Waals surface area contributed by atoms with Crippen molar-refractivity contribution in [2.75, 3.05) is 11.1 Å². The molecule has 6 heteroatoms. The Morgan fingerprint density at radius 3 is 2.71 bits per heavy atom. The van der Waals surface area contributed by atoms with Crippen molar-refractivity contribution in [1.29, 1.82) is 0 Å². The van der Waals surface area contributed by atoms with Gasteiger partial charge in [0, 0.05) is 15.7 Å². The molecule has 1 aromatic carbocycles. The van der Waals surface area contributed by atoms with Crippen LogP contribution in [0.4, 0.5) is 15.9 Å². The largest absolute Gasteiger partial charge is 0.384 e. The predicted octanol–water partition coefficient (Wildman–Crippen LogP) is 3.94. The van der Waals surface area contributed by atoms with Gasteiger partial charge in [-0.15, -0.1) is 0 Å². The molecular weight excluding hydrogens is 337 g/mol. The lowest BCUT2D eigenvalue weighted by Gasteiger charge is -2.11. The van der Waals surface area contributed by atoms with E-state index in [4.69, 9.17) is 5.73 Å². The van der Waals surface area contributed by atoms with Crippen molar-refractivity contribution in [2.45, 2.75) is 19.8 Å². The van der Waals surface area contributed by atoms with Gasteiger partial charge in [-0.2, -0.15) is 0 Å². The fourth-order valence-electron chi connectivity index (χ4n) is 1.80. The fourth-order valence-corrected chi connectivity index (χ4v) is 2.24. The summed E-state index contributed by atoms with van der Waals surface area (Å²) in [6, 6.07) is 7.61. The Balaban J connectivity index is 2.33. The lowest BCUT2D eigenvalue weighted by Crippen LogP contribution is -2.15. The quantitative estimate of drug-likeness (QED) is 0.879. The van der Waals surface area contributed by atoms with Gasteiger partial charge in [-0.25, -0.2) is 9.37 Å². The third-order valence-electron chi connectivity index (χ3n) is 2.92. The Morgan fingerprint density at radius 1 is 1.38 bits per heavy atom. The van der Waals surface area contributed by atoms with Gasteiger partial charge in [-0.1, -0.05) is 19.9 Å². The molecule has 0 aliphatic rings. The number of pyridine rings is 1. The second-order valence-electron chi connectivity index (χ2n) is 4.91. The first-order valence-electron chi connectivity index (χ1n) is 6.41. The second kappa shape index (κ2) is 6.22. The zero-order valence-corrected chi connectivity index (χ0v) is 13.2. The van der Waals surface area contributed by atoms with E-state index in [2.05, 4.69) is 26.2 Å². The SMILES string of the molecule is CC(C)c1cc(C(=O)Nc2c(F)cccc2Br)cc(N)n1. The van der Waals surface area contributed by atoms with Crippen molar-refractivity contribution in [1.82, 2.24) is 4.98 Å². The van der Waals surface area contributed by atoms with Gasteiger partial charge in [0.05, 0.1) is 5.69 Å². The fraction of sp³-hybridized carbons (Fsp3) is 0.200. The highest BCUT2D eigenvalue weighted by molar-refractivity contribution is 9.10. The number of carbonyl (C=O) groups is 1. The maximum atomic E-state index is 13.7. The normalized spacial score (nSPS) is 10.7. The van der Waals surface area contributed by atoms with E-state index >= 15 is 0 Å². The number of benzene rings is 1. The summed E-state index contributed by atoms with van der Waals surface area (Å²) in [4.78, 5) is 16.4. The van der Waals surface area contributed by atoms with Gasteiger partial charge in [0.2, 0.25) is 0 Å². The first-order valence-corrected chi connectivity index (χ1v) is 7.20. The highest BCUT2D eigenvalue weighted by atomic mass is 79.9. The summed E-state index contributed by atoms with van der Waals surface area (Å²) in [7, 11) is 0. The van der Waals surface area contributed by atoms with Crippen LogP contribution in [0.25, 0.3) is 0 Å². The molecule has 0 saturated heterocycles. The zero-order chi connectivity index (χ0) is 15.6. The predicted molar refractivity (Wildman–Crippen MR) is 84.8 cm³/mol. The Morgan fingerprint density at radius 2 is 2.10 bits per heavy atom. The number of nitrogen functional groups attached to an aromatic ring is 1. The van der Waals surface area contributed by atoms with Crippen LogP contribution in [0.5, 0.6) is 0 Å². The molecule has 2 aromatic rings. The minimum absolute atomic E-state index is 0.101. The molecule has 21 heavy (non-hydrogen) atoms. The molecule has 4 nitrogen and oxygen atoms in total. The number of anilines is 2. The van der Waals surface area contributed by atoms with Crippen LogP contribution in [0.1, 0.15) is 35.8 Å². The summed E-state index contributed by atoms with van der Waals surface area (Å²) in [5, 5.41) is 2.54. The molecule has 0 atom stereocenters. The molecule has 110 valence electrons. The summed E-state index contributed by atoms with van der Waals surface area (Å²) in [6.07, 6.45) is 0. The van der Waals surface area contributed by atoms with E-state index < -0.39 is 11.7 Å². The highest BCUT2D eigenvalue weighted by Gasteiger charge is 2.14. The molecular formula is C15H15BrFN3O. The topological polar surface area (TPSA) is 68.0 Å². The monoisotopic (exact) mass is 351 g/mol. The average molecular weight is 352 g/mol. The number of nitrogens with zero attached hydrogens (tertiary/aromatic N) is 1. The molecule has 0 bridgehead atoms. The van der Waals surface area contributed by atoms with Crippen LogP contribution in [0.3, 0.4) is 0 Å². The minimum Gasteiger partial charge on any atom is -0.384 e. The van der Waals surface area contributed by atoms with E-state index in [1.165, 1.54) is 12.1 Å². The molecule has 0 aliphatic heterocycles. The zero-order valence-electron chi connectivity index (χ0n) is 11.7. The molecule has 0 radical (unpaired) electrons. The lowest BCUT2D eigenvalue weighted by molar-refractivity contribution is 0.102. The van der Waals surface area contributed by atoms with E-state index in [1.807, 2.05) is 13.8 Å². The van der Waals surface area contributed by atoms with Crippen molar-refractivity contribution in [3.05, 3.63) is 51.9 Å². The van der Waals surface area contributed by atoms with E-state index in [1.54, 1.807) is 18.2 Å². The van der Waals surface area contributed by atoms with Crippen LogP contribution in [0.2, 0.25) is 0 Å². The number of rotatable bonds is 3. The minimum atomic E-state index is -0.510. The number of aromatic nitrogens is 1. The van der Waals surface area contributed by atoms with E-state index in [0.29, 0.717) is 15.7 Å². The molecule has 3 N–H and O–H groups in total. The number of amides is 1. The Kier molecular flexibility index (Phi) is 4.57. The number of carbonyl (C=O) groups excluding carboxylic acids is 1. The third kappa shape index (κ3) is 3.58. The van der Waals surface area contributed by atoms with Gasteiger partial charge in [0.15, 0.2) is 0 Å². The molecule has 1 amide bonds. The maximum absolute atomic E-state index is 13.7. The van der Waals surface area contributed by atoms with Gasteiger partial charge >= 0.3 is 0 Å². The first kappa shape index (κ1) is 15.4. The Bertz CT molecular complexity index is 668. The van der Waals surface area contributed by atoms with Crippen LogP contribution in [0, 0.1) is 5.82 Å². The summed E-state index contributed by atoms with van der Waals surface area (Å²) >= 11 is 3.21. The van der Waals surface area contributed by atoms with Crippen LogP contribution in [-0.4, -0.2) is 10.9 Å². The number of halogens is 2. The van der Waals surface area contributed by atoms with Gasteiger partial charge in [-0.3, -0.25) is 4.79 Å². The van der Waals surface area contributed by atoms with Crippen molar-refractivity contribution < 1.29 is 9.18 Å². The van der Waals surface area contributed by atoms with Gasteiger partial charge in [0.25, 0.3) is 5.91 Å². The van der Waals surface area contributed by atoms with Crippen LogP contribution < -0.4 is 11.1 Å². The molecule has 0 spiro atoms. The third-order valence-corrected chi connectivity index (χ3v) is 3.58. The van der Waals surface area contributed by atoms with Crippen LogP contribution in [0.15, 0.2) is 34.8 Å². The summed E-state index contributed by atoms with van der Waals surface area (Å²) in [5.74, 6) is -0.542. The molecule has 0 saturated carbocycles. The summed E-state index contributed by atoms with van der Waals surface area (Å²) in [6.45, 7) is 3.91. The van der Waals surface area contributed by atoms with Crippen molar-refractivity contribution >= 4 is 33.3 Å². The van der Waals surface area contributed by atoms with Gasteiger partial charge < -0.3 is 11.1 Å². The van der Waals surface area contributed by atoms with Gasteiger partial charge in [-0.05, 0) is 46.1 Å².